The highest BCUT2D eigenvalue weighted by atomic mass is 32.2. The number of nitriles is 1. The van der Waals surface area contributed by atoms with Gasteiger partial charge >= 0.3 is 0 Å². The van der Waals surface area contributed by atoms with Gasteiger partial charge in [-0.3, -0.25) is 4.79 Å². The molecule has 10 nitrogen and oxygen atoms in total. The monoisotopic (exact) mass is 507 g/mol. The SMILES string of the molecule is CNC(=O)c1cnc(-c2cnc3[nH]ccc3c2N[C@H]2C[C@H](NS(=O)(=O)c3cccc(C#N)c3)C2)s1. The van der Waals surface area contributed by atoms with Crippen LogP contribution in [-0.4, -0.2) is 48.4 Å². The van der Waals surface area contributed by atoms with E-state index in [1.54, 1.807) is 37.8 Å². The molecule has 0 saturated heterocycles. The summed E-state index contributed by atoms with van der Waals surface area (Å²) in [6.07, 6.45) is 6.24. The summed E-state index contributed by atoms with van der Waals surface area (Å²) in [6.45, 7) is 0. The van der Waals surface area contributed by atoms with Crippen LogP contribution in [0.15, 0.2) is 53.8 Å². The minimum atomic E-state index is -3.72. The average Bonchev–Trinajstić information content (AvgIpc) is 3.52. The number of carbonyl (C=O) groups is 1. The van der Waals surface area contributed by atoms with E-state index < -0.39 is 10.0 Å². The van der Waals surface area contributed by atoms with E-state index in [1.165, 1.54) is 23.5 Å². The zero-order chi connectivity index (χ0) is 24.6. The van der Waals surface area contributed by atoms with Gasteiger partial charge in [0.05, 0.1) is 34.0 Å². The molecule has 0 aliphatic heterocycles. The fourth-order valence-corrected chi connectivity index (χ4v) is 6.19. The van der Waals surface area contributed by atoms with E-state index in [0.29, 0.717) is 33.9 Å². The van der Waals surface area contributed by atoms with E-state index in [2.05, 4.69) is 30.3 Å². The Morgan fingerprint density at radius 3 is 2.80 bits per heavy atom. The third-order valence-corrected chi connectivity index (χ3v) is 8.40. The maximum atomic E-state index is 12.7. The van der Waals surface area contributed by atoms with Crippen molar-refractivity contribution >= 4 is 44.0 Å². The normalized spacial score (nSPS) is 17.5. The van der Waals surface area contributed by atoms with Gasteiger partial charge in [0.15, 0.2) is 0 Å². The first-order valence-corrected chi connectivity index (χ1v) is 13.1. The molecule has 1 saturated carbocycles. The predicted octanol–water partition coefficient (Wildman–Crippen LogP) is 2.84. The van der Waals surface area contributed by atoms with Gasteiger partial charge in [0.1, 0.15) is 15.5 Å². The van der Waals surface area contributed by atoms with E-state index >= 15 is 0 Å². The number of hydrogen-bond acceptors (Lipinski definition) is 8. The van der Waals surface area contributed by atoms with Crippen molar-refractivity contribution in [3.63, 3.8) is 0 Å². The molecule has 0 spiro atoms. The van der Waals surface area contributed by atoms with Gasteiger partial charge in [-0.05, 0) is 37.1 Å². The Morgan fingerprint density at radius 2 is 2.03 bits per heavy atom. The highest BCUT2D eigenvalue weighted by Gasteiger charge is 2.34. The number of benzene rings is 1. The molecule has 1 aliphatic carbocycles. The van der Waals surface area contributed by atoms with Gasteiger partial charge in [-0.1, -0.05) is 6.07 Å². The molecule has 4 N–H and O–H groups in total. The number of aromatic amines is 1. The van der Waals surface area contributed by atoms with E-state index in [9.17, 15) is 13.2 Å². The van der Waals surface area contributed by atoms with Crippen LogP contribution < -0.4 is 15.4 Å². The number of thiazole rings is 1. The van der Waals surface area contributed by atoms with Crippen LogP contribution in [0.5, 0.6) is 0 Å². The summed E-state index contributed by atoms with van der Waals surface area (Å²) in [5.41, 5.74) is 2.62. The Kier molecular flexibility index (Phi) is 5.98. The number of nitrogens with one attached hydrogen (secondary N) is 4. The van der Waals surface area contributed by atoms with Gasteiger partial charge in [-0.15, -0.1) is 11.3 Å². The van der Waals surface area contributed by atoms with Gasteiger partial charge in [0, 0.05) is 36.9 Å². The quantitative estimate of drug-likeness (QED) is 0.300. The Hall–Kier alpha value is -3.79. The number of amides is 1. The van der Waals surface area contributed by atoms with E-state index in [-0.39, 0.29) is 22.9 Å². The first-order chi connectivity index (χ1) is 16.9. The number of anilines is 1. The molecule has 0 unspecified atom stereocenters. The highest BCUT2D eigenvalue weighted by molar-refractivity contribution is 7.89. The molecule has 0 atom stereocenters. The van der Waals surface area contributed by atoms with Crippen LogP contribution >= 0.6 is 11.3 Å². The Labute approximate surface area is 205 Å². The van der Waals surface area contributed by atoms with Crippen molar-refractivity contribution < 1.29 is 13.2 Å². The first-order valence-electron chi connectivity index (χ1n) is 10.8. The number of pyridine rings is 1. The third-order valence-electron chi connectivity index (χ3n) is 5.86. The molecule has 4 aromatic rings. The molecule has 1 amide bonds. The maximum absolute atomic E-state index is 12.7. The number of nitrogens with zero attached hydrogens (tertiary/aromatic N) is 3. The molecule has 3 aromatic heterocycles. The van der Waals surface area contributed by atoms with Crippen molar-refractivity contribution in [3.05, 3.63) is 59.4 Å². The highest BCUT2D eigenvalue weighted by Crippen LogP contribution is 2.38. The van der Waals surface area contributed by atoms with Crippen molar-refractivity contribution in [2.45, 2.75) is 29.8 Å². The lowest BCUT2D eigenvalue weighted by Gasteiger charge is -2.37. The molecule has 12 heteroatoms. The van der Waals surface area contributed by atoms with Crippen molar-refractivity contribution in [1.82, 2.24) is 25.0 Å². The molecule has 1 aromatic carbocycles. The minimum Gasteiger partial charge on any atom is -0.381 e. The number of sulfonamides is 1. The first kappa shape index (κ1) is 23.0. The van der Waals surface area contributed by atoms with Crippen LogP contribution in [0.2, 0.25) is 0 Å². The van der Waals surface area contributed by atoms with Crippen molar-refractivity contribution in [1.29, 1.82) is 5.26 Å². The zero-order valence-electron chi connectivity index (χ0n) is 18.6. The number of hydrogen-bond donors (Lipinski definition) is 4. The van der Waals surface area contributed by atoms with Gasteiger partial charge in [0.25, 0.3) is 5.91 Å². The summed E-state index contributed by atoms with van der Waals surface area (Å²) in [6, 6.07) is 9.65. The lowest BCUT2D eigenvalue weighted by Crippen LogP contribution is -2.49. The minimum absolute atomic E-state index is 0.0331. The number of fused-ring (bicyclic) bond motifs is 1. The lowest BCUT2D eigenvalue weighted by atomic mass is 9.87. The van der Waals surface area contributed by atoms with Gasteiger partial charge in [-0.2, -0.15) is 5.26 Å². The van der Waals surface area contributed by atoms with Crippen LogP contribution in [0.1, 0.15) is 28.1 Å². The molecule has 1 fully saturated rings. The lowest BCUT2D eigenvalue weighted by molar-refractivity contribution is 0.0967. The van der Waals surface area contributed by atoms with Crippen molar-refractivity contribution in [2.24, 2.45) is 0 Å². The fourth-order valence-electron chi connectivity index (χ4n) is 4.01. The average molecular weight is 508 g/mol. The van der Waals surface area contributed by atoms with Crippen LogP contribution in [-0.2, 0) is 10.0 Å². The maximum Gasteiger partial charge on any atom is 0.262 e. The summed E-state index contributed by atoms with van der Waals surface area (Å²) in [5, 5.41) is 16.7. The van der Waals surface area contributed by atoms with E-state index in [4.69, 9.17) is 5.26 Å². The van der Waals surface area contributed by atoms with Crippen LogP contribution in [0.3, 0.4) is 0 Å². The number of rotatable bonds is 7. The van der Waals surface area contributed by atoms with Gasteiger partial charge < -0.3 is 15.6 Å². The summed E-state index contributed by atoms with van der Waals surface area (Å²) in [5.74, 6) is -0.201. The molecule has 178 valence electrons. The summed E-state index contributed by atoms with van der Waals surface area (Å²) < 4.78 is 28.2. The zero-order valence-corrected chi connectivity index (χ0v) is 20.2. The van der Waals surface area contributed by atoms with Crippen LogP contribution in [0.4, 0.5) is 5.69 Å². The molecule has 1 aliphatic rings. The Morgan fingerprint density at radius 1 is 1.20 bits per heavy atom. The van der Waals surface area contributed by atoms with E-state index in [0.717, 1.165) is 16.6 Å². The fraction of sp³-hybridized carbons (Fsp3) is 0.217. The second-order valence-electron chi connectivity index (χ2n) is 8.17. The summed E-state index contributed by atoms with van der Waals surface area (Å²) in [4.78, 5) is 24.6. The largest absolute Gasteiger partial charge is 0.381 e. The second-order valence-corrected chi connectivity index (χ2v) is 10.9. The molecule has 3 heterocycles. The topological polar surface area (TPSA) is 153 Å². The number of carbonyl (C=O) groups excluding carboxylic acids is 1. The molecular formula is C23H21N7O3S2. The van der Waals surface area contributed by atoms with E-state index in [1.807, 2.05) is 12.1 Å². The Balaban J connectivity index is 1.33. The molecule has 35 heavy (non-hydrogen) atoms. The van der Waals surface area contributed by atoms with Gasteiger partial charge in [-0.25, -0.2) is 23.1 Å². The summed E-state index contributed by atoms with van der Waals surface area (Å²) in [7, 11) is -2.15. The Bertz CT molecular complexity index is 1560. The predicted molar refractivity (Wildman–Crippen MR) is 133 cm³/mol. The number of H-pyrrole nitrogens is 1. The number of aromatic nitrogens is 3. The third kappa shape index (κ3) is 4.49. The molecular weight excluding hydrogens is 486 g/mol. The van der Waals surface area contributed by atoms with Crippen molar-refractivity contribution in [2.75, 3.05) is 12.4 Å². The summed E-state index contributed by atoms with van der Waals surface area (Å²) >= 11 is 1.28. The molecule has 5 rings (SSSR count). The second kappa shape index (κ2) is 9.10. The van der Waals surface area contributed by atoms with Crippen LogP contribution in [0, 0.1) is 11.3 Å². The molecule has 0 radical (unpaired) electrons. The standard InChI is InChI=1S/C23H21N7O3S2/c1-25-22(31)19-12-28-23(34-19)18-11-27-21-17(5-6-26-21)20(18)29-14-8-15(9-14)30-35(32,33)16-4-2-3-13(7-16)10-24/h2-7,11-12,14-15,30H,8-9H2,1H3,(H,25,31)(H2,26,27,29)/t14-,15-. The molecule has 0 bridgehead atoms. The smallest absolute Gasteiger partial charge is 0.262 e. The van der Waals surface area contributed by atoms with Crippen molar-refractivity contribution in [3.8, 4) is 16.6 Å². The van der Waals surface area contributed by atoms with Crippen LogP contribution in [0.25, 0.3) is 21.6 Å². The van der Waals surface area contributed by atoms with Gasteiger partial charge in [0.2, 0.25) is 10.0 Å².